The molecule has 1 heterocycles. The Morgan fingerprint density at radius 2 is 1.71 bits per heavy atom. The Bertz CT molecular complexity index is 1260. The van der Waals surface area contributed by atoms with Gasteiger partial charge in [0.15, 0.2) is 0 Å². The van der Waals surface area contributed by atoms with E-state index >= 15 is 0 Å². The highest BCUT2D eigenvalue weighted by Crippen LogP contribution is 2.80. The SMILES string of the molecule is O=C1OC2C(C(=O)OCCS(=O)(=O)O)C3CC1C2C3C12CCC(C1)C1C3CC(CCCS(=O)(=O)O)C(C3)C12. The van der Waals surface area contributed by atoms with E-state index in [9.17, 15) is 31.0 Å². The molecular formula is C26H36O10S2. The molecule has 1 saturated heterocycles. The summed E-state index contributed by atoms with van der Waals surface area (Å²) in [6.07, 6.45) is 7.08. The first-order valence-electron chi connectivity index (χ1n) is 14.2. The van der Waals surface area contributed by atoms with E-state index < -0.39 is 50.6 Å². The van der Waals surface area contributed by atoms with Crippen LogP contribution < -0.4 is 0 Å². The second-order valence-electron chi connectivity index (χ2n) is 13.4. The number of carbonyl (C=O) groups is 2. The molecule has 12 heteroatoms. The van der Waals surface area contributed by atoms with Gasteiger partial charge < -0.3 is 9.47 Å². The van der Waals surface area contributed by atoms with Crippen LogP contribution in [0.5, 0.6) is 0 Å². The van der Waals surface area contributed by atoms with Crippen molar-refractivity contribution in [2.24, 2.45) is 70.5 Å². The highest BCUT2D eigenvalue weighted by atomic mass is 32.2. The second kappa shape index (κ2) is 8.39. The van der Waals surface area contributed by atoms with Crippen molar-refractivity contribution in [2.45, 2.75) is 57.5 Å². The van der Waals surface area contributed by atoms with Gasteiger partial charge >= 0.3 is 11.9 Å². The van der Waals surface area contributed by atoms with E-state index in [0.717, 1.165) is 25.7 Å². The van der Waals surface area contributed by atoms with Crippen molar-refractivity contribution in [3.63, 3.8) is 0 Å². The first kappa shape index (κ1) is 25.7. The van der Waals surface area contributed by atoms with Crippen LogP contribution >= 0.6 is 0 Å². The van der Waals surface area contributed by atoms with E-state index in [1.807, 2.05) is 0 Å². The predicted octanol–water partition coefficient (Wildman–Crippen LogP) is 2.20. The molecule has 7 rings (SSSR count). The van der Waals surface area contributed by atoms with Crippen LogP contribution in [0.2, 0.25) is 0 Å². The maximum Gasteiger partial charge on any atom is 0.313 e. The number of hydrogen-bond acceptors (Lipinski definition) is 8. The number of fused-ring (bicyclic) bond motifs is 11. The Morgan fingerprint density at radius 3 is 2.45 bits per heavy atom. The van der Waals surface area contributed by atoms with Crippen molar-refractivity contribution >= 4 is 32.2 Å². The third-order valence-electron chi connectivity index (χ3n) is 12.2. The molecule has 0 spiro atoms. The van der Waals surface area contributed by atoms with Crippen molar-refractivity contribution in [3.8, 4) is 0 Å². The standard InChI is InChI=1S/C26H36O10S2/c27-24-17-10-16-20(25(28)35-5-7-38(32,33)34)23(36-24)19(17)22(16)26-4-3-13(11-26)18-14-8-12(15(9-14)21(18)26)2-1-6-37(29,30)31/h12-23H,1-11H2,(H,29,30,31)(H,32,33,34). The van der Waals surface area contributed by atoms with E-state index in [1.54, 1.807) is 0 Å². The van der Waals surface area contributed by atoms with E-state index in [-0.39, 0.29) is 40.8 Å². The van der Waals surface area contributed by atoms with Gasteiger partial charge in [-0.05, 0) is 104 Å². The molecule has 0 aromatic heterocycles. The average Bonchev–Trinajstić information content (AvgIpc) is 3.62. The Kier molecular flexibility index (Phi) is 5.68. The van der Waals surface area contributed by atoms with Gasteiger partial charge in [-0.2, -0.15) is 16.8 Å². The largest absolute Gasteiger partial charge is 0.464 e. The molecule has 0 aromatic rings. The van der Waals surface area contributed by atoms with Crippen molar-refractivity contribution in [2.75, 3.05) is 18.1 Å². The number of carbonyl (C=O) groups excluding carboxylic acids is 2. The lowest BCUT2D eigenvalue weighted by molar-refractivity contribution is -0.156. The van der Waals surface area contributed by atoms with Crippen LogP contribution in [0.4, 0.5) is 0 Å². The maximum atomic E-state index is 13.2. The minimum absolute atomic E-state index is 0.0127. The molecule has 212 valence electrons. The van der Waals surface area contributed by atoms with Crippen LogP contribution in [0.15, 0.2) is 0 Å². The summed E-state index contributed by atoms with van der Waals surface area (Å²) < 4.78 is 74.1. The molecule has 6 aliphatic carbocycles. The lowest BCUT2D eigenvalue weighted by Gasteiger charge is -2.49. The van der Waals surface area contributed by atoms with Crippen LogP contribution in [0.1, 0.15) is 51.4 Å². The summed E-state index contributed by atoms with van der Waals surface area (Å²) in [4.78, 5) is 26.0. The van der Waals surface area contributed by atoms with Crippen LogP contribution in [0.25, 0.3) is 0 Å². The highest BCUT2D eigenvalue weighted by molar-refractivity contribution is 7.86. The molecule has 38 heavy (non-hydrogen) atoms. The minimum Gasteiger partial charge on any atom is -0.464 e. The number of ether oxygens (including phenoxy) is 2. The summed E-state index contributed by atoms with van der Waals surface area (Å²) in [6, 6.07) is 0. The van der Waals surface area contributed by atoms with Gasteiger partial charge in [0.05, 0.1) is 17.6 Å². The van der Waals surface area contributed by atoms with Gasteiger partial charge in [-0.3, -0.25) is 18.7 Å². The lowest BCUT2D eigenvalue weighted by atomic mass is 9.55. The molecule has 13 atom stereocenters. The second-order valence-corrected chi connectivity index (χ2v) is 16.6. The summed E-state index contributed by atoms with van der Waals surface area (Å²) in [5.41, 5.74) is 0.0518. The summed E-state index contributed by atoms with van der Waals surface area (Å²) in [5, 5.41) is 0. The maximum absolute atomic E-state index is 13.2. The van der Waals surface area contributed by atoms with Gasteiger partial charge in [0.2, 0.25) is 0 Å². The van der Waals surface area contributed by atoms with Gasteiger partial charge in [-0.15, -0.1) is 0 Å². The molecule has 0 radical (unpaired) electrons. The minimum atomic E-state index is -4.25. The Morgan fingerprint density at radius 1 is 0.974 bits per heavy atom. The van der Waals surface area contributed by atoms with Gasteiger partial charge in [0.25, 0.3) is 20.2 Å². The summed E-state index contributed by atoms with van der Waals surface area (Å²) in [5.74, 6) is 1.25. The number of hydrogen-bond donors (Lipinski definition) is 2. The topological polar surface area (TPSA) is 161 Å². The van der Waals surface area contributed by atoms with Crippen LogP contribution in [0, 0.1) is 70.5 Å². The van der Waals surface area contributed by atoms with Crippen molar-refractivity contribution in [1.82, 2.24) is 0 Å². The Hall–Kier alpha value is -1.24. The molecule has 0 amide bonds. The molecule has 1 aliphatic heterocycles. The quantitative estimate of drug-likeness (QED) is 0.238. The predicted molar refractivity (Wildman–Crippen MR) is 131 cm³/mol. The zero-order valence-corrected chi connectivity index (χ0v) is 22.8. The molecule has 7 aliphatic rings. The molecule has 6 bridgehead atoms. The normalized spacial score (nSPS) is 49.6. The van der Waals surface area contributed by atoms with Gasteiger partial charge in [-0.25, -0.2) is 0 Å². The van der Waals surface area contributed by atoms with E-state index in [4.69, 9.17) is 14.0 Å². The third-order valence-corrected chi connectivity index (χ3v) is 13.6. The Balaban J connectivity index is 1.15. The van der Waals surface area contributed by atoms with Crippen LogP contribution in [-0.2, 0) is 39.3 Å². The highest BCUT2D eigenvalue weighted by Gasteiger charge is 2.78. The van der Waals surface area contributed by atoms with Crippen molar-refractivity contribution in [3.05, 3.63) is 0 Å². The van der Waals surface area contributed by atoms with E-state index in [1.165, 1.54) is 12.8 Å². The van der Waals surface area contributed by atoms with Gasteiger partial charge in [0.1, 0.15) is 18.5 Å². The first-order valence-corrected chi connectivity index (χ1v) is 17.4. The summed E-state index contributed by atoms with van der Waals surface area (Å²) in [6.45, 7) is -0.423. The summed E-state index contributed by atoms with van der Waals surface area (Å²) in [7, 11) is -8.21. The zero-order chi connectivity index (χ0) is 26.8. The fourth-order valence-corrected chi connectivity index (χ4v) is 12.5. The number of rotatable bonds is 9. The smallest absolute Gasteiger partial charge is 0.313 e. The molecule has 2 N–H and O–H groups in total. The number of esters is 2. The fourth-order valence-electron chi connectivity index (χ4n) is 11.7. The Labute approximate surface area is 223 Å². The van der Waals surface area contributed by atoms with E-state index in [0.29, 0.717) is 48.3 Å². The van der Waals surface area contributed by atoms with Crippen molar-refractivity contribution < 1.29 is 45.0 Å². The molecule has 0 aromatic carbocycles. The van der Waals surface area contributed by atoms with Gasteiger partial charge in [-0.1, -0.05) is 0 Å². The van der Waals surface area contributed by atoms with Crippen LogP contribution in [-0.4, -0.2) is 62.1 Å². The monoisotopic (exact) mass is 572 g/mol. The molecule has 7 fully saturated rings. The third kappa shape index (κ3) is 3.68. The van der Waals surface area contributed by atoms with Crippen LogP contribution in [0.3, 0.4) is 0 Å². The molecule has 10 nitrogen and oxygen atoms in total. The molecular weight excluding hydrogens is 536 g/mol. The van der Waals surface area contributed by atoms with E-state index in [2.05, 4.69) is 0 Å². The lowest BCUT2D eigenvalue weighted by Crippen LogP contribution is -2.44. The molecule has 13 unspecified atom stereocenters. The molecule has 6 saturated carbocycles. The zero-order valence-electron chi connectivity index (χ0n) is 21.2. The first-order chi connectivity index (χ1) is 17.9. The average molecular weight is 573 g/mol. The fraction of sp³-hybridized carbons (Fsp3) is 0.923. The van der Waals surface area contributed by atoms with Crippen molar-refractivity contribution in [1.29, 1.82) is 0 Å². The summed E-state index contributed by atoms with van der Waals surface area (Å²) >= 11 is 0. The van der Waals surface area contributed by atoms with Gasteiger partial charge in [0, 0.05) is 5.92 Å².